The minimum atomic E-state index is 0.106. The molecule has 0 N–H and O–H groups in total. The second-order valence-electron chi connectivity index (χ2n) is 6.27. The third-order valence-corrected chi connectivity index (χ3v) is 4.94. The third-order valence-electron chi connectivity index (χ3n) is 4.94. The van der Waals surface area contributed by atoms with E-state index < -0.39 is 0 Å². The SMILES string of the molecule is O=C1CCN(C(=O)[C@@H]2CCCC[C@H]2c2ccccc2)CC1. The van der Waals surface area contributed by atoms with E-state index in [0.717, 1.165) is 19.3 Å². The van der Waals surface area contributed by atoms with E-state index in [1.54, 1.807) is 0 Å². The summed E-state index contributed by atoms with van der Waals surface area (Å²) < 4.78 is 0. The summed E-state index contributed by atoms with van der Waals surface area (Å²) in [4.78, 5) is 26.1. The molecule has 2 fully saturated rings. The molecule has 1 heterocycles. The number of hydrogen-bond acceptors (Lipinski definition) is 2. The Morgan fingerprint density at radius 1 is 1.00 bits per heavy atom. The molecular formula is C18H23NO2. The van der Waals surface area contributed by atoms with Crippen LogP contribution in [0.4, 0.5) is 0 Å². The third kappa shape index (κ3) is 3.17. The molecule has 3 rings (SSSR count). The van der Waals surface area contributed by atoms with Crippen LogP contribution in [0.1, 0.15) is 50.0 Å². The van der Waals surface area contributed by atoms with Crippen LogP contribution in [0.3, 0.4) is 0 Å². The van der Waals surface area contributed by atoms with Crippen LogP contribution in [0.2, 0.25) is 0 Å². The first-order chi connectivity index (χ1) is 10.3. The summed E-state index contributed by atoms with van der Waals surface area (Å²) in [5, 5.41) is 0. The van der Waals surface area contributed by atoms with Crippen molar-refractivity contribution in [3.8, 4) is 0 Å². The Kier molecular flexibility index (Phi) is 4.37. The van der Waals surface area contributed by atoms with Crippen LogP contribution in [-0.2, 0) is 9.59 Å². The van der Waals surface area contributed by atoms with E-state index in [4.69, 9.17) is 0 Å². The number of carbonyl (C=O) groups is 2. The zero-order valence-electron chi connectivity index (χ0n) is 12.5. The molecule has 0 bridgehead atoms. The maximum absolute atomic E-state index is 12.9. The van der Waals surface area contributed by atoms with Crippen molar-refractivity contribution in [1.82, 2.24) is 4.90 Å². The smallest absolute Gasteiger partial charge is 0.226 e. The molecular weight excluding hydrogens is 262 g/mol. The first-order valence-corrected chi connectivity index (χ1v) is 8.11. The van der Waals surface area contributed by atoms with E-state index >= 15 is 0 Å². The first kappa shape index (κ1) is 14.3. The minimum absolute atomic E-state index is 0.106. The van der Waals surface area contributed by atoms with Gasteiger partial charge in [0.15, 0.2) is 0 Å². The number of Topliss-reactive ketones (excluding diaryl/α,β-unsaturated/α-hetero) is 1. The Morgan fingerprint density at radius 3 is 2.38 bits per heavy atom. The van der Waals surface area contributed by atoms with E-state index in [-0.39, 0.29) is 11.8 Å². The normalized spacial score (nSPS) is 26.7. The Bertz CT molecular complexity index is 501. The molecule has 1 amide bonds. The molecule has 0 aromatic heterocycles. The fraction of sp³-hybridized carbons (Fsp3) is 0.556. The van der Waals surface area contributed by atoms with Crippen LogP contribution < -0.4 is 0 Å². The maximum atomic E-state index is 12.9. The number of piperidine rings is 1. The fourth-order valence-electron chi connectivity index (χ4n) is 3.74. The number of rotatable bonds is 2. The minimum Gasteiger partial charge on any atom is -0.342 e. The van der Waals surface area contributed by atoms with E-state index in [1.165, 1.54) is 12.0 Å². The molecule has 0 spiro atoms. The molecule has 1 aliphatic heterocycles. The molecule has 0 unspecified atom stereocenters. The highest BCUT2D eigenvalue weighted by molar-refractivity contribution is 5.85. The van der Waals surface area contributed by atoms with Gasteiger partial charge in [0, 0.05) is 31.8 Å². The summed E-state index contributed by atoms with van der Waals surface area (Å²) in [5.41, 5.74) is 1.30. The molecule has 1 aliphatic carbocycles. The number of likely N-dealkylation sites (tertiary alicyclic amines) is 1. The van der Waals surface area contributed by atoms with Crippen LogP contribution in [0.15, 0.2) is 30.3 Å². The van der Waals surface area contributed by atoms with Gasteiger partial charge in [0.25, 0.3) is 0 Å². The number of amides is 1. The number of nitrogens with zero attached hydrogens (tertiary/aromatic N) is 1. The van der Waals surface area contributed by atoms with Crippen molar-refractivity contribution in [1.29, 1.82) is 0 Å². The number of ketones is 1. The molecule has 1 saturated carbocycles. The lowest BCUT2D eigenvalue weighted by molar-refractivity contribution is -0.139. The second kappa shape index (κ2) is 6.42. The van der Waals surface area contributed by atoms with Gasteiger partial charge in [0.2, 0.25) is 5.91 Å². The van der Waals surface area contributed by atoms with Crippen LogP contribution >= 0.6 is 0 Å². The average molecular weight is 285 g/mol. The van der Waals surface area contributed by atoms with Crippen molar-refractivity contribution in [2.45, 2.75) is 44.4 Å². The standard InChI is InChI=1S/C18H23NO2/c20-15-10-12-19(13-11-15)18(21)17-9-5-4-8-16(17)14-6-2-1-3-7-14/h1-3,6-7,16-17H,4-5,8-13H2/t16-,17+/m0/s1. The van der Waals surface area contributed by atoms with Crippen molar-refractivity contribution in [3.63, 3.8) is 0 Å². The van der Waals surface area contributed by atoms with Gasteiger partial charge in [-0.1, -0.05) is 43.2 Å². The van der Waals surface area contributed by atoms with Crippen LogP contribution in [-0.4, -0.2) is 29.7 Å². The molecule has 1 saturated heterocycles. The summed E-state index contributed by atoms with van der Waals surface area (Å²) in [6.45, 7) is 1.24. The highest BCUT2D eigenvalue weighted by Crippen LogP contribution is 2.39. The molecule has 2 atom stereocenters. The molecule has 3 heteroatoms. The Balaban J connectivity index is 1.75. The Hall–Kier alpha value is -1.64. The van der Waals surface area contributed by atoms with Crippen molar-refractivity contribution in [2.24, 2.45) is 5.92 Å². The van der Waals surface area contributed by atoms with E-state index in [0.29, 0.717) is 37.6 Å². The molecule has 0 radical (unpaired) electrons. The largest absolute Gasteiger partial charge is 0.342 e. The summed E-state index contributed by atoms with van der Waals surface area (Å²) in [5.74, 6) is 1.03. The van der Waals surface area contributed by atoms with Gasteiger partial charge < -0.3 is 4.90 Å². The molecule has 2 aliphatic rings. The highest BCUT2D eigenvalue weighted by atomic mass is 16.2. The topological polar surface area (TPSA) is 37.4 Å². The van der Waals surface area contributed by atoms with Gasteiger partial charge in [0.05, 0.1) is 0 Å². The molecule has 112 valence electrons. The zero-order chi connectivity index (χ0) is 14.7. The van der Waals surface area contributed by atoms with Gasteiger partial charge in [0.1, 0.15) is 5.78 Å². The summed E-state index contributed by atoms with van der Waals surface area (Å²) in [6.07, 6.45) is 5.52. The lowest BCUT2D eigenvalue weighted by atomic mass is 9.74. The first-order valence-electron chi connectivity index (χ1n) is 8.11. The molecule has 3 nitrogen and oxygen atoms in total. The zero-order valence-corrected chi connectivity index (χ0v) is 12.5. The molecule has 21 heavy (non-hydrogen) atoms. The highest BCUT2D eigenvalue weighted by Gasteiger charge is 2.35. The summed E-state index contributed by atoms with van der Waals surface area (Å²) in [7, 11) is 0. The summed E-state index contributed by atoms with van der Waals surface area (Å²) in [6, 6.07) is 10.4. The van der Waals surface area contributed by atoms with Gasteiger partial charge in [-0.3, -0.25) is 9.59 Å². The van der Waals surface area contributed by atoms with Gasteiger partial charge in [-0.05, 0) is 24.3 Å². The van der Waals surface area contributed by atoms with Crippen molar-refractivity contribution in [2.75, 3.05) is 13.1 Å². The monoisotopic (exact) mass is 285 g/mol. The van der Waals surface area contributed by atoms with Crippen LogP contribution in [0.25, 0.3) is 0 Å². The quantitative estimate of drug-likeness (QED) is 0.837. The lowest BCUT2D eigenvalue weighted by Crippen LogP contribution is -2.44. The number of benzene rings is 1. The maximum Gasteiger partial charge on any atom is 0.226 e. The Morgan fingerprint density at radius 2 is 1.67 bits per heavy atom. The van der Waals surface area contributed by atoms with Crippen molar-refractivity contribution < 1.29 is 9.59 Å². The average Bonchev–Trinajstić information content (AvgIpc) is 2.56. The fourth-order valence-corrected chi connectivity index (χ4v) is 3.74. The number of carbonyl (C=O) groups excluding carboxylic acids is 2. The number of hydrogen-bond donors (Lipinski definition) is 0. The molecule has 1 aromatic rings. The van der Waals surface area contributed by atoms with Gasteiger partial charge in [-0.25, -0.2) is 0 Å². The van der Waals surface area contributed by atoms with Gasteiger partial charge in [-0.2, -0.15) is 0 Å². The van der Waals surface area contributed by atoms with Crippen LogP contribution in [0, 0.1) is 5.92 Å². The summed E-state index contributed by atoms with van der Waals surface area (Å²) >= 11 is 0. The van der Waals surface area contributed by atoms with Crippen molar-refractivity contribution in [3.05, 3.63) is 35.9 Å². The van der Waals surface area contributed by atoms with Gasteiger partial charge >= 0.3 is 0 Å². The van der Waals surface area contributed by atoms with E-state index in [2.05, 4.69) is 24.3 Å². The molecule has 1 aromatic carbocycles. The van der Waals surface area contributed by atoms with Crippen LogP contribution in [0.5, 0.6) is 0 Å². The predicted octanol–water partition coefficient (Wildman–Crippen LogP) is 3.15. The van der Waals surface area contributed by atoms with E-state index in [9.17, 15) is 9.59 Å². The Labute approximate surface area is 126 Å². The predicted molar refractivity (Wildman–Crippen MR) is 82.0 cm³/mol. The van der Waals surface area contributed by atoms with Gasteiger partial charge in [-0.15, -0.1) is 0 Å². The lowest BCUT2D eigenvalue weighted by Gasteiger charge is -2.36. The second-order valence-corrected chi connectivity index (χ2v) is 6.27. The van der Waals surface area contributed by atoms with E-state index in [1.807, 2.05) is 11.0 Å². The van der Waals surface area contributed by atoms with Crippen molar-refractivity contribution >= 4 is 11.7 Å².